The molecule has 2 atom stereocenters. The summed E-state index contributed by atoms with van der Waals surface area (Å²) in [5, 5.41) is 19.5. The summed E-state index contributed by atoms with van der Waals surface area (Å²) < 4.78 is 12.1. The summed E-state index contributed by atoms with van der Waals surface area (Å²) in [7, 11) is 0. The van der Waals surface area contributed by atoms with Crippen LogP contribution in [-0.4, -0.2) is 35.6 Å². The van der Waals surface area contributed by atoms with Crippen LogP contribution in [0.1, 0.15) is 87.8 Å². The second-order valence-corrected chi connectivity index (χ2v) is 11.9. The van der Waals surface area contributed by atoms with Crippen LogP contribution in [0.2, 0.25) is 0 Å². The summed E-state index contributed by atoms with van der Waals surface area (Å²) in [5.41, 5.74) is 7.64. The molecule has 0 radical (unpaired) electrons. The normalized spacial score (nSPS) is 23.8. The Labute approximate surface area is 198 Å². The van der Waals surface area contributed by atoms with Gasteiger partial charge in [0, 0.05) is 5.41 Å². The van der Waals surface area contributed by atoms with E-state index in [4.69, 9.17) is 9.47 Å². The third-order valence-corrected chi connectivity index (χ3v) is 7.57. The number of hydrogen-bond donors (Lipinski definition) is 2. The van der Waals surface area contributed by atoms with E-state index in [0.717, 1.165) is 35.5 Å². The molecule has 33 heavy (non-hydrogen) atoms. The molecule has 4 rings (SSSR count). The van der Waals surface area contributed by atoms with E-state index in [1.807, 2.05) is 0 Å². The minimum atomic E-state index is -0.509. The molecule has 1 spiro atoms. The smallest absolute Gasteiger partial charge is 0.122 e. The van der Waals surface area contributed by atoms with Crippen molar-refractivity contribution in [3.05, 3.63) is 57.6 Å². The van der Waals surface area contributed by atoms with Crippen molar-refractivity contribution in [1.82, 2.24) is 0 Å². The van der Waals surface area contributed by atoms with Gasteiger partial charge in [0.1, 0.15) is 24.7 Å². The van der Waals surface area contributed by atoms with E-state index >= 15 is 0 Å². The molecular formula is C29H40O4. The fourth-order valence-corrected chi connectivity index (χ4v) is 6.31. The summed E-state index contributed by atoms with van der Waals surface area (Å²) in [6.45, 7) is 17.7. The van der Waals surface area contributed by atoms with Crippen molar-refractivity contribution >= 4 is 0 Å². The summed E-state index contributed by atoms with van der Waals surface area (Å²) >= 11 is 0. The Balaban J connectivity index is 1.90. The Morgan fingerprint density at radius 2 is 1.06 bits per heavy atom. The predicted octanol–water partition coefficient (Wildman–Crippen LogP) is 5.47. The molecule has 0 fully saturated rings. The minimum Gasteiger partial charge on any atom is -0.491 e. The maximum Gasteiger partial charge on any atom is 0.122 e. The van der Waals surface area contributed by atoms with Gasteiger partial charge in [0.2, 0.25) is 0 Å². The minimum absolute atomic E-state index is 0.0338. The molecule has 2 aromatic rings. The van der Waals surface area contributed by atoms with Crippen LogP contribution >= 0.6 is 0 Å². The lowest BCUT2D eigenvalue weighted by molar-refractivity contribution is 0.122. The molecular weight excluding hydrogens is 412 g/mol. The zero-order chi connectivity index (χ0) is 24.3. The standard InChI is InChI=1S/C29H40O4/c1-17-9-21-23(11-25(17)32-13-19(3)30)29(15-27(21,5)6)16-28(7,8)22-10-18(2)26(12-24(22)29)33-14-20(4)31/h9-12,19-20,30-31H,13-16H2,1-8H3. The number of aliphatic hydroxyl groups excluding tert-OH is 2. The number of ether oxygens (including phenoxy) is 2. The van der Waals surface area contributed by atoms with Crippen LogP contribution in [0.4, 0.5) is 0 Å². The molecule has 0 aromatic heterocycles. The van der Waals surface area contributed by atoms with Gasteiger partial charge in [0.15, 0.2) is 0 Å². The van der Waals surface area contributed by atoms with Gasteiger partial charge in [-0.1, -0.05) is 39.8 Å². The van der Waals surface area contributed by atoms with Gasteiger partial charge in [-0.05, 0) is 96.9 Å². The number of aliphatic hydroxyl groups is 2. The van der Waals surface area contributed by atoms with E-state index in [-0.39, 0.29) is 29.5 Å². The van der Waals surface area contributed by atoms with Crippen molar-refractivity contribution in [3.8, 4) is 11.5 Å². The van der Waals surface area contributed by atoms with Crippen molar-refractivity contribution in [2.24, 2.45) is 0 Å². The third kappa shape index (κ3) is 4.06. The van der Waals surface area contributed by atoms with Gasteiger partial charge in [0.25, 0.3) is 0 Å². The lowest BCUT2D eigenvalue weighted by Crippen LogP contribution is -2.27. The SMILES string of the molecule is Cc1cc2c(cc1OCC(C)O)C1(CC2(C)C)CC(C)(C)c2cc(C)c(OCC(C)O)cc21. The second-order valence-electron chi connectivity index (χ2n) is 11.9. The average Bonchev–Trinajstić information content (AvgIpc) is 3.03. The van der Waals surface area contributed by atoms with Crippen LogP contribution in [0, 0.1) is 13.8 Å². The Morgan fingerprint density at radius 3 is 1.39 bits per heavy atom. The van der Waals surface area contributed by atoms with Crippen LogP contribution < -0.4 is 9.47 Å². The molecule has 0 bridgehead atoms. The molecule has 2 unspecified atom stereocenters. The fraction of sp³-hybridized carbons (Fsp3) is 0.586. The maximum absolute atomic E-state index is 9.77. The highest BCUT2D eigenvalue weighted by molar-refractivity contribution is 5.63. The number of benzene rings is 2. The molecule has 180 valence electrons. The monoisotopic (exact) mass is 452 g/mol. The maximum atomic E-state index is 9.77. The Hall–Kier alpha value is -2.04. The van der Waals surface area contributed by atoms with E-state index in [1.54, 1.807) is 13.8 Å². The van der Waals surface area contributed by atoms with Gasteiger partial charge in [-0.3, -0.25) is 0 Å². The average molecular weight is 453 g/mol. The first-order chi connectivity index (χ1) is 15.3. The van der Waals surface area contributed by atoms with Gasteiger partial charge < -0.3 is 19.7 Å². The Kier molecular flexibility index (Phi) is 5.86. The molecule has 2 aliphatic rings. The molecule has 0 heterocycles. The number of aryl methyl sites for hydroxylation is 2. The van der Waals surface area contributed by atoms with E-state index < -0.39 is 12.2 Å². The molecule has 0 aliphatic heterocycles. The highest BCUT2D eigenvalue weighted by Crippen LogP contribution is 2.64. The van der Waals surface area contributed by atoms with Crippen molar-refractivity contribution < 1.29 is 19.7 Å². The van der Waals surface area contributed by atoms with Crippen LogP contribution in [0.5, 0.6) is 11.5 Å². The van der Waals surface area contributed by atoms with Crippen molar-refractivity contribution in [2.75, 3.05) is 13.2 Å². The Bertz CT molecular complexity index is 976. The first-order valence-corrected chi connectivity index (χ1v) is 12.2. The van der Waals surface area contributed by atoms with Gasteiger partial charge in [0.05, 0.1) is 12.2 Å². The largest absolute Gasteiger partial charge is 0.491 e. The van der Waals surface area contributed by atoms with Gasteiger partial charge in [-0.25, -0.2) is 0 Å². The van der Waals surface area contributed by atoms with Crippen molar-refractivity contribution in [2.45, 2.75) is 96.7 Å². The summed E-state index contributed by atoms with van der Waals surface area (Å²) in [6, 6.07) is 9.07. The van der Waals surface area contributed by atoms with Crippen LogP contribution in [0.3, 0.4) is 0 Å². The molecule has 2 N–H and O–H groups in total. The van der Waals surface area contributed by atoms with E-state index in [0.29, 0.717) is 0 Å². The van der Waals surface area contributed by atoms with Gasteiger partial charge >= 0.3 is 0 Å². The second kappa shape index (κ2) is 8.02. The first kappa shape index (κ1) is 24.1. The highest BCUT2D eigenvalue weighted by atomic mass is 16.5. The first-order valence-electron chi connectivity index (χ1n) is 12.2. The van der Waals surface area contributed by atoms with Crippen LogP contribution in [0.15, 0.2) is 24.3 Å². The Morgan fingerprint density at radius 1 is 0.697 bits per heavy atom. The molecule has 4 nitrogen and oxygen atoms in total. The van der Waals surface area contributed by atoms with E-state index in [1.165, 1.54) is 22.3 Å². The molecule has 2 aromatic carbocycles. The summed E-state index contributed by atoms with van der Waals surface area (Å²) in [6.07, 6.45) is 1.05. The number of rotatable bonds is 6. The molecule has 0 saturated carbocycles. The summed E-state index contributed by atoms with van der Waals surface area (Å²) in [4.78, 5) is 0. The summed E-state index contributed by atoms with van der Waals surface area (Å²) in [5.74, 6) is 1.71. The van der Waals surface area contributed by atoms with Crippen LogP contribution in [0.25, 0.3) is 0 Å². The lowest BCUT2D eigenvalue weighted by Gasteiger charge is -2.31. The molecule has 2 aliphatic carbocycles. The topological polar surface area (TPSA) is 58.9 Å². The third-order valence-electron chi connectivity index (χ3n) is 7.57. The van der Waals surface area contributed by atoms with Crippen LogP contribution in [-0.2, 0) is 16.2 Å². The van der Waals surface area contributed by atoms with Crippen molar-refractivity contribution in [3.63, 3.8) is 0 Å². The van der Waals surface area contributed by atoms with Crippen molar-refractivity contribution in [1.29, 1.82) is 0 Å². The quantitative estimate of drug-likeness (QED) is 0.610. The number of fused-ring (bicyclic) bond motifs is 4. The predicted molar refractivity (Wildman–Crippen MR) is 133 cm³/mol. The fourth-order valence-electron chi connectivity index (χ4n) is 6.31. The van der Waals surface area contributed by atoms with Gasteiger partial charge in [-0.2, -0.15) is 0 Å². The zero-order valence-corrected chi connectivity index (χ0v) is 21.5. The lowest BCUT2D eigenvalue weighted by atomic mass is 9.72. The highest BCUT2D eigenvalue weighted by Gasteiger charge is 2.56. The molecule has 4 heteroatoms. The number of hydrogen-bond acceptors (Lipinski definition) is 4. The molecule has 0 amide bonds. The molecule has 0 saturated heterocycles. The zero-order valence-electron chi connectivity index (χ0n) is 21.5. The van der Waals surface area contributed by atoms with Gasteiger partial charge in [-0.15, -0.1) is 0 Å². The van der Waals surface area contributed by atoms with E-state index in [9.17, 15) is 10.2 Å². The van der Waals surface area contributed by atoms with E-state index in [2.05, 4.69) is 65.8 Å².